The zero-order valence-corrected chi connectivity index (χ0v) is 10.1. The minimum absolute atomic E-state index is 0.212. The van der Waals surface area contributed by atoms with Gasteiger partial charge in [0.25, 0.3) is 0 Å². The van der Waals surface area contributed by atoms with E-state index in [-0.39, 0.29) is 5.82 Å². The van der Waals surface area contributed by atoms with E-state index in [0.29, 0.717) is 10.6 Å². The molecule has 0 saturated heterocycles. The van der Waals surface area contributed by atoms with Crippen LogP contribution < -0.4 is 0 Å². The summed E-state index contributed by atoms with van der Waals surface area (Å²) in [5, 5.41) is 0.607. The van der Waals surface area contributed by atoms with Crippen LogP contribution >= 0.6 is 11.6 Å². The number of hydrogen-bond donors (Lipinski definition) is 0. The Kier molecular flexibility index (Phi) is 3.15. The van der Waals surface area contributed by atoms with Gasteiger partial charge in [-0.3, -0.25) is 0 Å². The van der Waals surface area contributed by atoms with Gasteiger partial charge >= 0.3 is 0 Å². The minimum Gasteiger partial charge on any atom is -0.206 e. The van der Waals surface area contributed by atoms with Crippen molar-refractivity contribution in [2.75, 3.05) is 0 Å². The van der Waals surface area contributed by atoms with Crippen LogP contribution in [0.1, 0.15) is 30.4 Å². The molecule has 0 fully saturated rings. The fourth-order valence-corrected chi connectivity index (χ4v) is 2.16. The van der Waals surface area contributed by atoms with E-state index in [2.05, 4.69) is 12.7 Å². The van der Waals surface area contributed by atoms with E-state index in [4.69, 9.17) is 11.6 Å². The number of benzene rings is 1. The highest BCUT2D eigenvalue weighted by Gasteiger charge is 2.15. The molecule has 0 saturated carbocycles. The summed E-state index contributed by atoms with van der Waals surface area (Å²) in [6.45, 7) is 5.79. The van der Waals surface area contributed by atoms with Crippen LogP contribution in [0.4, 0.5) is 4.39 Å². The molecule has 0 unspecified atom stereocenters. The van der Waals surface area contributed by atoms with Crippen LogP contribution in [0.25, 0.3) is 5.57 Å². The Balaban J connectivity index is 2.51. The number of aryl methyl sites for hydroxylation is 1. The lowest BCUT2D eigenvalue weighted by molar-refractivity contribution is 0.622. The first kappa shape index (κ1) is 11.4. The Morgan fingerprint density at radius 2 is 2.12 bits per heavy atom. The quantitative estimate of drug-likeness (QED) is 0.650. The smallest absolute Gasteiger partial charge is 0.131 e. The first-order valence-corrected chi connectivity index (χ1v) is 5.81. The van der Waals surface area contributed by atoms with Gasteiger partial charge in [0.1, 0.15) is 5.82 Å². The summed E-state index contributed by atoms with van der Waals surface area (Å²) in [6.07, 6.45) is 5.08. The van der Waals surface area contributed by atoms with E-state index in [1.807, 2.05) is 0 Å². The standard InChI is InChI=1S/C14H14ClF/c1-9-5-3-4-6-11(9)12-8-13(15)10(2)7-14(12)16/h6-8H,1,3-5H2,2H3. The average Bonchev–Trinajstić information content (AvgIpc) is 2.25. The summed E-state index contributed by atoms with van der Waals surface area (Å²) >= 11 is 6.03. The van der Waals surface area contributed by atoms with Crippen molar-refractivity contribution in [3.8, 4) is 0 Å². The largest absolute Gasteiger partial charge is 0.206 e. The number of rotatable bonds is 1. The molecule has 1 aliphatic carbocycles. The molecular formula is C14H14ClF. The summed E-state index contributed by atoms with van der Waals surface area (Å²) in [4.78, 5) is 0. The van der Waals surface area contributed by atoms with Gasteiger partial charge in [-0.25, -0.2) is 4.39 Å². The lowest BCUT2D eigenvalue weighted by Gasteiger charge is -2.17. The second-order valence-electron chi connectivity index (χ2n) is 4.19. The molecule has 0 amide bonds. The average molecular weight is 237 g/mol. The molecule has 2 rings (SSSR count). The van der Waals surface area contributed by atoms with E-state index in [1.165, 1.54) is 6.07 Å². The molecule has 0 atom stereocenters. The summed E-state index contributed by atoms with van der Waals surface area (Å²) in [6, 6.07) is 3.19. The van der Waals surface area contributed by atoms with Crippen molar-refractivity contribution >= 4 is 17.2 Å². The van der Waals surface area contributed by atoms with Gasteiger partial charge in [0.05, 0.1) is 0 Å². The van der Waals surface area contributed by atoms with E-state index in [1.54, 1.807) is 13.0 Å². The molecule has 0 radical (unpaired) electrons. The molecule has 0 bridgehead atoms. The van der Waals surface area contributed by atoms with Crippen molar-refractivity contribution in [1.29, 1.82) is 0 Å². The van der Waals surface area contributed by atoms with Gasteiger partial charge in [-0.2, -0.15) is 0 Å². The SMILES string of the molecule is C=C1CCCC=C1c1cc(Cl)c(C)cc1F. The molecule has 0 heterocycles. The highest BCUT2D eigenvalue weighted by molar-refractivity contribution is 6.31. The van der Waals surface area contributed by atoms with Gasteiger partial charge in [0, 0.05) is 10.6 Å². The van der Waals surface area contributed by atoms with Crippen LogP contribution in [0.3, 0.4) is 0 Å². The highest BCUT2D eigenvalue weighted by atomic mass is 35.5. The van der Waals surface area contributed by atoms with Crippen molar-refractivity contribution in [2.45, 2.75) is 26.2 Å². The third-order valence-corrected chi connectivity index (χ3v) is 3.36. The van der Waals surface area contributed by atoms with Gasteiger partial charge in [-0.15, -0.1) is 0 Å². The van der Waals surface area contributed by atoms with Gasteiger partial charge in [0.15, 0.2) is 0 Å². The van der Waals surface area contributed by atoms with Crippen LogP contribution in [-0.4, -0.2) is 0 Å². The van der Waals surface area contributed by atoms with Gasteiger partial charge in [-0.1, -0.05) is 24.3 Å². The Morgan fingerprint density at radius 3 is 2.81 bits per heavy atom. The summed E-state index contributed by atoms with van der Waals surface area (Å²) in [5.74, 6) is -0.212. The van der Waals surface area contributed by atoms with Crippen molar-refractivity contribution in [3.63, 3.8) is 0 Å². The summed E-state index contributed by atoms with van der Waals surface area (Å²) < 4.78 is 13.8. The highest BCUT2D eigenvalue weighted by Crippen LogP contribution is 2.34. The molecule has 0 aliphatic heterocycles. The molecule has 84 valence electrons. The second kappa shape index (κ2) is 4.42. The molecule has 1 aromatic rings. The third-order valence-electron chi connectivity index (χ3n) is 2.95. The molecule has 0 nitrogen and oxygen atoms in total. The molecule has 0 aromatic heterocycles. The first-order valence-electron chi connectivity index (χ1n) is 5.44. The predicted molar refractivity (Wildman–Crippen MR) is 67.1 cm³/mol. The van der Waals surface area contributed by atoms with Gasteiger partial charge in [0.2, 0.25) is 0 Å². The second-order valence-corrected chi connectivity index (χ2v) is 4.60. The van der Waals surface area contributed by atoms with Crippen molar-refractivity contribution in [2.24, 2.45) is 0 Å². The van der Waals surface area contributed by atoms with E-state index >= 15 is 0 Å². The normalized spacial score (nSPS) is 16.2. The molecular weight excluding hydrogens is 223 g/mol. The van der Waals surface area contributed by atoms with E-state index < -0.39 is 0 Å². The lowest BCUT2D eigenvalue weighted by Crippen LogP contribution is -1.98. The van der Waals surface area contributed by atoms with Crippen LogP contribution in [-0.2, 0) is 0 Å². The van der Waals surface area contributed by atoms with Gasteiger partial charge in [-0.05, 0) is 55.0 Å². The minimum atomic E-state index is -0.212. The zero-order chi connectivity index (χ0) is 11.7. The molecule has 1 aliphatic rings. The molecule has 16 heavy (non-hydrogen) atoms. The lowest BCUT2D eigenvalue weighted by atomic mass is 9.89. The van der Waals surface area contributed by atoms with Gasteiger partial charge < -0.3 is 0 Å². The van der Waals surface area contributed by atoms with Crippen LogP contribution in [0.2, 0.25) is 5.02 Å². The molecule has 2 heteroatoms. The maximum atomic E-state index is 13.8. The van der Waals surface area contributed by atoms with Crippen LogP contribution in [0, 0.1) is 12.7 Å². The topological polar surface area (TPSA) is 0 Å². The van der Waals surface area contributed by atoms with Crippen LogP contribution in [0.15, 0.2) is 30.4 Å². The van der Waals surface area contributed by atoms with Crippen molar-refractivity contribution in [1.82, 2.24) is 0 Å². The third kappa shape index (κ3) is 2.05. The Hall–Kier alpha value is -1.08. The Labute approximate surface area is 100 Å². The van der Waals surface area contributed by atoms with E-state index in [0.717, 1.165) is 36.0 Å². The Morgan fingerprint density at radius 1 is 1.38 bits per heavy atom. The number of halogens is 2. The fourth-order valence-electron chi connectivity index (χ4n) is 1.99. The van der Waals surface area contributed by atoms with Crippen molar-refractivity contribution < 1.29 is 4.39 Å². The summed E-state index contributed by atoms with van der Waals surface area (Å²) in [7, 11) is 0. The fraction of sp³-hybridized carbons (Fsp3) is 0.286. The number of hydrogen-bond acceptors (Lipinski definition) is 0. The van der Waals surface area contributed by atoms with Crippen molar-refractivity contribution in [3.05, 3.63) is 52.3 Å². The predicted octanol–water partition coefficient (Wildman–Crippen LogP) is 4.91. The zero-order valence-electron chi connectivity index (χ0n) is 9.32. The first-order chi connectivity index (χ1) is 7.59. The Bertz CT molecular complexity index is 472. The summed E-state index contributed by atoms with van der Waals surface area (Å²) in [5.41, 5.74) is 3.28. The van der Waals surface area contributed by atoms with Crippen LogP contribution in [0.5, 0.6) is 0 Å². The molecule has 0 spiro atoms. The molecule has 1 aromatic carbocycles. The maximum Gasteiger partial charge on any atom is 0.131 e. The van der Waals surface area contributed by atoms with E-state index in [9.17, 15) is 4.39 Å². The monoisotopic (exact) mass is 236 g/mol. The number of allylic oxidation sites excluding steroid dienone is 3. The molecule has 0 N–H and O–H groups in total. The maximum absolute atomic E-state index is 13.8.